The third-order valence-electron chi connectivity index (χ3n) is 4.06. The Morgan fingerprint density at radius 2 is 1.66 bits per heavy atom. The Balaban J connectivity index is 1.77. The zero-order chi connectivity index (χ0) is 23.1. The molecule has 0 aliphatic rings. The number of carbonyl (C=O) groups excluding carboxylic acids is 2. The van der Waals surface area contributed by atoms with Crippen molar-refractivity contribution in [2.75, 3.05) is 17.3 Å². The van der Waals surface area contributed by atoms with Crippen LogP contribution in [0, 0.1) is 10.1 Å². The lowest BCUT2D eigenvalue weighted by atomic mass is 10.2. The summed E-state index contributed by atoms with van der Waals surface area (Å²) in [5, 5.41) is 14.9. The molecule has 0 saturated heterocycles. The van der Waals surface area contributed by atoms with E-state index in [-0.39, 0.29) is 18.2 Å². The zero-order valence-corrected chi connectivity index (χ0v) is 17.4. The van der Waals surface area contributed by atoms with Crippen LogP contribution in [0.4, 0.5) is 23.0 Å². The van der Waals surface area contributed by atoms with Crippen molar-refractivity contribution >= 4 is 46.5 Å². The van der Waals surface area contributed by atoms with Crippen LogP contribution in [0.2, 0.25) is 5.02 Å². The van der Waals surface area contributed by atoms with Gasteiger partial charge in [0.1, 0.15) is 6.33 Å². The number of nitrogens with one attached hydrogen (secondary N) is 3. The summed E-state index contributed by atoms with van der Waals surface area (Å²) in [7, 11) is 0. The van der Waals surface area contributed by atoms with Crippen LogP contribution in [-0.2, 0) is 4.74 Å². The Morgan fingerprint density at radius 3 is 2.28 bits per heavy atom. The summed E-state index contributed by atoms with van der Waals surface area (Å²) in [6.07, 6.45) is 1.10. The standard InChI is InChI=1S/C20H17ClN6O5/c1-2-32-20(29)13-5-9-15(10-6-13)24-17-16(27(30)31)18(23-11-22-17)25-26-19(28)12-3-7-14(21)8-4-12/h3-11H,2H2,1H3,(H,26,28)(H2,22,23,24,25). The molecule has 32 heavy (non-hydrogen) atoms. The van der Waals surface area contributed by atoms with E-state index in [2.05, 4.69) is 26.1 Å². The number of anilines is 3. The highest BCUT2D eigenvalue weighted by atomic mass is 35.5. The van der Waals surface area contributed by atoms with Gasteiger partial charge in [0.25, 0.3) is 5.91 Å². The SMILES string of the molecule is CCOC(=O)c1ccc(Nc2ncnc(NNC(=O)c3ccc(Cl)cc3)c2[N+](=O)[O-])cc1. The molecule has 3 rings (SSSR count). The van der Waals surface area contributed by atoms with Gasteiger partial charge in [-0.05, 0) is 55.5 Å². The van der Waals surface area contributed by atoms with Crippen LogP contribution in [0.3, 0.4) is 0 Å². The largest absolute Gasteiger partial charge is 0.462 e. The molecule has 1 heterocycles. The van der Waals surface area contributed by atoms with Crippen LogP contribution in [0.15, 0.2) is 54.9 Å². The van der Waals surface area contributed by atoms with Gasteiger partial charge in [0.2, 0.25) is 11.6 Å². The minimum atomic E-state index is -0.688. The van der Waals surface area contributed by atoms with Gasteiger partial charge >= 0.3 is 11.7 Å². The molecule has 12 heteroatoms. The Labute approximate surface area is 186 Å². The van der Waals surface area contributed by atoms with Gasteiger partial charge in [-0.2, -0.15) is 0 Å². The van der Waals surface area contributed by atoms with Crippen molar-refractivity contribution in [1.82, 2.24) is 15.4 Å². The van der Waals surface area contributed by atoms with E-state index in [0.29, 0.717) is 21.8 Å². The second-order valence-corrected chi connectivity index (χ2v) is 6.62. The molecule has 0 radical (unpaired) electrons. The van der Waals surface area contributed by atoms with E-state index >= 15 is 0 Å². The van der Waals surface area contributed by atoms with Crippen molar-refractivity contribution < 1.29 is 19.2 Å². The quantitative estimate of drug-likeness (QED) is 0.262. The van der Waals surface area contributed by atoms with Crippen LogP contribution in [0.1, 0.15) is 27.6 Å². The number of hydrogen-bond acceptors (Lipinski definition) is 9. The first-order chi connectivity index (χ1) is 15.4. The van der Waals surface area contributed by atoms with Crippen molar-refractivity contribution in [3.63, 3.8) is 0 Å². The average molecular weight is 457 g/mol. The fourth-order valence-corrected chi connectivity index (χ4v) is 2.69. The van der Waals surface area contributed by atoms with Gasteiger partial charge in [0, 0.05) is 16.3 Å². The highest BCUT2D eigenvalue weighted by Crippen LogP contribution is 2.30. The van der Waals surface area contributed by atoms with Gasteiger partial charge in [-0.1, -0.05) is 11.6 Å². The highest BCUT2D eigenvalue weighted by molar-refractivity contribution is 6.30. The van der Waals surface area contributed by atoms with E-state index in [1.165, 1.54) is 24.3 Å². The van der Waals surface area contributed by atoms with E-state index in [9.17, 15) is 19.7 Å². The predicted octanol–water partition coefficient (Wildman–Crippen LogP) is 3.72. The first-order valence-electron chi connectivity index (χ1n) is 9.24. The summed E-state index contributed by atoms with van der Waals surface area (Å²) in [4.78, 5) is 42.7. The number of carbonyl (C=O) groups is 2. The van der Waals surface area contributed by atoms with Crippen molar-refractivity contribution in [2.24, 2.45) is 0 Å². The van der Waals surface area contributed by atoms with Crippen molar-refractivity contribution in [1.29, 1.82) is 0 Å². The van der Waals surface area contributed by atoms with Crippen LogP contribution in [-0.4, -0.2) is 33.4 Å². The molecule has 1 amide bonds. The molecular formula is C20H17ClN6O5. The Morgan fingerprint density at radius 1 is 1.03 bits per heavy atom. The van der Waals surface area contributed by atoms with Crippen LogP contribution in [0.5, 0.6) is 0 Å². The lowest BCUT2D eigenvalue weighted by Gasteiger charge is -2.11. The first kappa shape index (κ1) is 22.4. The van der Waals surface area contributed by atoms with E-state index < -0.39 is 22.5 Å². The maximum Gasteiger partial charge on any atom is 0.355 e. The Kier molecular flexibility index (Phi) is 7.13. The molecule has 0 aliphatic carbocycles. The van der Waals surface area contributed by atoms with Crippen LogP contribution >= 0.6 is 11.6 Å². The molecule has 0 bridgehead atoms. The number of halogens is 1. The summed E-state index contributed by atoms with van der Waals surface area (Å²) in [6, 6.07) is 12.2. The number of aromatic nitrogens is 2. The third-order valence-corrected chi connectivity index (χ3v) is 4.32. The average Bonchev–Trinajstić information content (AvgIpc) is 2.78. The number of hydrogen-bond donors (Lipinski definition) is 3. The normalized spacial score (nSPS) is 10.2. The molecule has 0 spiro atoms. The Hall–Kier alpha value is -4.25. The zero-order valence-electron chi connectivity index (χ0n) is 16.7. The van der Waals surface area contributed by atoms with Gasteiger partial charge in [0.05, 0.1) is 17.1 Å². The number of benzene rings is 2. The number of hydrazine groups is 1. The minimum Gasteiger partial charge on any atom is -0.462 e. The maximum absolute atomic E-state index is 12.2. The van der Waals surface area contributed by atoms with Crippen molar-refractivity contribution in [3.05, 3.63) is 81.1 Å². The van der Waals surface area contributed by atoms with E-state index in [1.807, 2.05) is 0 Å². The molecule has 0 atom stereocenters. The molecule has 0 unspecified atom stereocenters. The molecule has 0 aliphatic heterocycles. The summed E-state index contributed by atoms with van der Waals surface area (Å²) < 4.78 is 4.92. The molecular weight excluding hydrogens is 440 g/mol. The summed E-state index contributed by atoms with van der Waals surface area (Å²) in [6.45, 7) is 1.95. The number of nitrogens with zero attached hydrogens (tertiary/aromatic N) is 3. The molecule has 3 aromatic rings. The fraction of sp³-hybridized carbons (Fsp3) is 0.100. The smallest absolute Gasteiger partial charge is 0.355 e. The summed E-state index contributed by atoms with van der Waals surface area (Å²) >= 11 is 5.80. The molecule has 3 N–H and O–H groups in total. The number of ether oxygens (including phenoxy) is 1. The lowest BCUT2D eigenvalue weighted by molar-refractivity contribution is -0.383. The third kappa shape index (κ3) is 5.46. The second kappa shape index (κ2) is 10.2. The second-order valence-electron chi connectivity index (χ2n) is 6.19. The molecule has 164 valence electrons. The Bertz CT molecular complexity index is 1140. The van der Waals surface area contributed by atoms with Crippen LogP contribution < -0.4 is 16.2 Å². The predicted molar refractivity (Wildman–Crippen MR) is 117 cm³/mol. The van der Waals surface area contributed by atoms with Crippen molar-refractivity contribution in [3.8, 4) is 0 Å². The van der Waals surface area contributed by atoms with Gasteiger partial charge < -0.3 is 10.1 Å². The highest BCUT2D eigenvalue weighted by Gasteiger charge is 2.24. The number of amides is 1. The number of rotatable bonds is 8. The summed E-state index contributed by atoms with van der Waals surface area (Å²) in [5.74, 6) is -1.36. The fourth-order valence-electron chi connectivity index (χ4n) is 2.56. The first-order valence-corrected chi connectivity index (χ1v) is 9.62. The van der Waals surface area contributed by atoms with Crippen LogP contribution in [0.25, 0.3) is 0 Å². The van der Waals surface area contributed by atoms with Gasteiger partial charge in [-0.25, -0.2) is 14.8 Å². The lowest BCUT2D eigenvalue weighted by Crippen LogP contribution is -2.30. The van der Waals surface area contributed by atoms with Gasteiger partial charge in [-0.15, -0.1) is 0 Å². The topological polar surface area (TPSA) is 148 Å². The number of nitro groups is 1. The molecule has 11 nitrogen and oxygen atoms in total. The van der Waals surface area contributed by atoms with Gasteiger partial charge in [-0.3, -0.25) is 25.8 Å². The van der Waals surface area contributed by atoms with E-state index in [0.717, 1.165) is 6.33 Å². The van der Waals surface area contributed by atoms with Crippen molar-refractivity contribution in [2.45, 2.75) is 6.92 Å². The maximum atomic E-state index is 12.2. The summed E-state index contributed by atoms with van der Waals surface area (Å²) in [5.41, 5.74) is 5.37. The van der Waals surface area contributed by atoms with E-state index in [1.54, 1.807) is 31.2 Å². The minimum absolute atomic E-state index is 0.114. The molecule has 2 aromatic carbocycles. The molecule has 0 saturated carbocycles. The monoisotopic (exact) mass is 456 g/mol. The van der Waals surface area contributed by atoms with Gasteiger partial charge in [0.15, 0.2) is 0 Å². The molecule has 1 aromatic heterocycles. The van der Waals surface area contributed by atoms with E-state index in [4.69, 9.17) is 16.3 Å². The number of esters is 1. The molecule has 0 fully saturated rings.